The smallest absolute Gasteiger partial charge is 0.310 e. The summed E-state index contributed by atoms with van der Waals surface area (Å²) in [5.74, 6) is -1.02. The fourth-order valence-corrected chi connectivity index (χ4v) is 6.27. The van der Waals surface area contributed by atoms with E-state index in [4.69, 9.17) is 4.74 Å². The van der Waals surface area contributed by atoms with Crippen LogP contribution in [-0.4, -0.2) is 49.3 Å². The summed E-state index contributed by atoms with van der Waals surface area (Å²) in [7, 11) is -4.09. The van der Waals surface area contributed by atoms with E-state index in [9.17, 15) is 22.4 Å². The number of benzene rings is 2. The maximum atomic E-state index is 13.7. The molecule has 192 valence electrons. The van der Waals surface area contributed by atoms with E-state index in [-0.39, 0.29) is 36.4 Å². The Labute approximate surface area is 214 Å². The summed E-state index contributed by atoms with van der Waals surface area (Å²) in [6.45, 7) is 0.741. The van der Waals surface area contributed by atoms with Gasteiger partial charge in [0, 0.05) is 25.6 Å². The Kier molecular flexibility index (Phi) is 6.92. The van der Waals surface area contributed by atoms with Gasteiger partial charge >= 0.3 is 5.97 Å². The lowest BCUT2D eigenvalue weighted by atomic mass is 10.0. The SMILES string of the molecule is O=C(Cc1cnc2c(c1)N(S(=O)(=O)c1ccc(F)cc1)C[C@@H](N1CCCC1=O)C2)OCc1ccccc1. The van der Waals surface area contributed by atoms with E-state index in [1.165, 1.54) is 16.4 Å². The molecule has 1 fully saturated rings. The number of carbonyl (C=O) groups is 2. The first-order chi connectivity index (χ1) is 17.8. The number of fused-ring (bicyclic) bond motifs is 1. The Morgan fingerprint density at radius 2 is 1.84 bits per heavy atom. The third kappa shape index (κ3) is 5.34. The van der Waals surface area contributed by atoms with Crippen LogP contribution >= 0.6 is 0 Å². The van der Waals surface area contributed by atoms with Gasteiger partial charge in [-0.25, -0.2) is 12.8 Å². The average Bonchev–Trinajstić information content (AvgIpc) is 3.33. The second-order valence-electron chi connectivity index (χ2n) is 9.17. The first kappa shape index (κ1) is 24.9. The molecule has 2 aromatic carbocycles. The molecule has 1 saturated heterocycles. The molecule has 1 aromatic heterocycles. The lowest BCUT2D eigenvalue weighted by molar-refractivity contribution is -0.144. The Balaban J connectivity index is 1.43. The molecule has 3 heterocycles. The van der Waals surface area contributed by atoms with E-state index in [0.717, 1.165) is 24.1 Å². The van der Waals surface area contributed by atoms with Crippen LogP contribution < -0.4 is 4.31 Å². The molecular weight excluding hydrogens is 497 g/mol. The summed E-state index contributed by atoms with van der Waals surface area (Å²) >= 11 is 0. The van der Waals surface area contributed by atoms with Gasteiger partial charge in [0.1, 0.15) is 12.4 Å². The number of hydrogen-bond acceptors (Lipinski definition) is 6. The van der Waals surface area contributed by atoms with Crippen LogP contribution in [0.15, 0.2) is 71.8 Å². The van der Waals surface area contributed by atoms with Crippen molar-refractivity contribution in [1.82, 2.24) is 9.88 Å². The van der Waals surface area contributed by atoms with E-state index in [1.54, 1.807) is 17.2 Å². The van der Waals surface area contributed by atoms with Gasteiger partial charge in [0.05, 0.1) is 35.3 Å². The van der Waals surface area contributed by atoms with Crippen molar-refractivity contribution in [3.63, 3.8) is 0 Å². The molecule has 0 unspecified atom stereocenters. The molecule has 0 radical (unpaired) electrons. The minimum absolute atomic E-state index is 0.00892. The number of rotatable bonds is 7. The molecule has 0 bridgehead atoms. The maximum absolute atomic E-state index is 13.7. The summed E-state index contributed by atoms with van der Waals surface area (Å²) in [4.78, 5) is 31.1. The quantitative estimate of drug-likeness (QED) is 0.441. The molecular formula is C27H26FN3O5S. The standard InChI is InChI=1S/C27H26FN3O5S/c28-21-8-10-23(11-9-21)37(34,35)31-17-22(30-12-4-7-26(30)32)15-24-25(31)13-20(16-29-24)14-27(33)36-18-19-5-2-1-3-6-19/h1-3,5-6,8-11,13,16,22H,4,7,12,14-15,17-18H2/t22-/m0/s1. The van der Waals surface area contributed by atoms with E-state index >= 15 is 0 Å². The first-order valence-electron chi connectivity index (χ1n) is 12.1. The number of halogens is 1. The van der Waals surface area contributed by atoms with Crippen LogP contribution in [-0.2, 0) is 43.8 Å². The zero-order valence-corrected chi connectivity index (χ0v) is 20.9. The van der Waals surface area contributed by atoms with Crippen molar-refractivity contribution < 1.29 is 27.1 Å². The molecule has 3 aromatic rings. The van der Waals surface area contributed by atoms with Gasteiger partial charge in [-0.15, -0.1) is 0 Å². The number of esters is 1. The number of carbonyl (C=O) groups excluding carboxylic acids is 2. The molecule has 1 amide bonds. The lowest BCUT2D eigenvalue weighted by Gasteiger charge is -2.38. The molecule has 1 atom stereocenters. The van der Waals surface area contributed by atoms with Crippen LogP contribution in [0.3, 0.4) is 0 Å². The Morgan fingerprint density at radius 1 is 1.08 bits per heavy atom. The van der Waals surface area contributed by atoms with Gasteiger partial charge in [0.15, 0.2) is 0 Å². The summed E-state index contributed by atoms with van der Waals surface area (Å²) < 4.78 is 47.5. The van der Waals surface area contributed by atoms with Gasteiger partial charge in [-0.1, -0.05) is 30.3 Å². The predicted octanol–water partition coefficient (Wildman–Crippen LogP) is 3.25. The highest BCUT2D eigenvalue weighted by molar-refractivity contribution is 7.92. The minimum Gasteiger partial charge on any atom is -0.461 e. The second kappa shape index (κ2) is 10.3. The summed E-state index contributed by atoms with van der Waals surface area (Å²) in [5.41, 5.74) is 2.23. The number of amides is 1. The number of ether oxygens (including phenoxy) is 1. The highest BCUT2D eigenvalue weighted by Gasteiger charge is 2.39. The van der Waals surface area contributed by atoms with Crippen LogP contribution in [0.5, 0.6) is 0 Å². The van der Waals surface area contributed by atoms with Crippen LogP contribution in [0.1, 0.15) is 29.7 Å². The zero-order chi connectivity index (χ0) is 26.0. The minimum atomic E-state index is -4.09. The average molecular weight is 524 g/mol. The molecule has 2 aliphatic heterocycles. The van der Waals surface area contributed by atoms with E-state index in [0.29, 0.717) is 36.3 Å². The van der Waals surface area contributed by atoms with Crippen LogP contribution in [0.4, 0.5) is 10.1 Å². The maximum Gasteiger partial charge on any atom is 0.310 e. The van der Waals surface area contributed by atoms with Crippen molar-refractivity contribution in [2.24, 2.45) is 0 Å². The largest absolute Gasteiger partial charge is 0.461 e. The van der Waals surface area contributed by atoms with E-state index in [2.05, 4.69) is 4.98 Å². The van der Waals surface area contributed by atoms with Crippen molar-refractivity contribution in [2.45, 2.75) is 43.2 Å². The highest BCUT2D eigenvalue weighted by Crippen LogP contribution is 2.34. The van der Waals surface area contributed by atoms with Crippen molar-refractivity contribution in [3.8, 4) is 0 Å². The third-order valence-corrected chi connectivity index (χ3v) is 8.42. The molecule has 37 heavy (non-hydrogen) atoms. The monoisotopic (exact) mass is 523 g/mol. The highest BCUT2D eigenvalue weighted by atomic mass is 32.2. The van der Waals surface area contributed by atoms with Gasteiger partial charge in [-0.3, -0.25) is 18.9 Å². The molecule has 10 heteroatoms. The van der Waals surface area contributed by atoms with Gasteiger partial charge < -0.3 is 9.64 Å². The van der Waals surface area contributed by atoms with Crippen molar-refractivity contribution >= 4 is 27.6 Å². The van der Waals surface area contributed by atoms with Crippen LogP contribution in [0.25, 0.3) is 0 Å². The Morgan fingerprint density at radius 3 is 2.54 bits per heavy atom. The van der Waals surface area contributed by atoms with Crippen molar-refractivity contribution in [2.75, 3.05) is 17.4 Å². The van der Waals surface area contributed by atoms with E-state index in [1.807, 2.05) is 30.3 Å². The predicted molar refractivity (Wildman–Crippen MR) is 134 cm³/mol. The fourth-order valence-electron chi connectivity index (χ4n) is 4.75. The summed E-state index contributed by atoms with van der Waals surface area (Å²) in [6, 6.07) is 15.2. The number of nitrogens with zero attached hydrogens (tertiary/aromatic N) is 3. The fraction of sp³-hybridized carbons (Fsp3) is 0.296. The van der Waals surface area contributed by atoms with Gasteiger partial charge in [-0.05, 0) is 47.9 Å². The molecule has 2 aliphatic rings. The van der Waals surface area contributed by atoms with Crippen molar-refractivity contribution in [1.29, 1.82) is 0 Å². The zero-order valence-electron chi connectivity index (χ0n) is 20.0. The number of hydrogen-bond donors (Lipinski definition) is 0. The molecule has 8 nitrogen and oxygen atoms in total. The topological polar surface area (TPSA) is 96.9 Å². The van der Waals surface area contributed by atoms with Gasteiger partial charge in [0.25, 0.3) is 10.0 Å². The normalized spacial score (nSPS) is 17.5. The number of anilines is 1. The lowest BCUT2D eigenvalue weighted by Crippen LogP contribution is -2.51. The first-order valence-corrected chi connectivity index (χ1v) is 13.5. The molecule has 0 N–H and O–H groups in total. The third-order valence-electron chi connectivity index (χ3n) is 6.62. The second-order valence-corrected chi connectivity index (χ2v) is 11.0. The van der Waals surface area contributed by atoms with Crippen LogP contribution in [0, 0.1) is 5.82 Å². The number of pyridine rings is 1. The molecule has 5 rings (SSSR count). The summed E-state index contributed by atoms with van der Waals surface area (Å²) in [5, 5.41) is 0. The number of aromatic nitrogens is 1. The molecule has 0 spiro atoms. The Hall–Kier alpha value is -3.79. The summed E-state index contributed by atoms with van der Waals surface area (Å²) in [6.07, 6.45) is 3.02. The van der Waals surface area contributed by atoms with Gasteiger partial charge in [0.2, 0.25) is 5.91 Å². The molecule has 0 saturated carbocycles. The van der Waals surface area contributed by atoms with Crippen LogP contribution in [0.2, 0.25) is 0 Å². The van der Waals surface area contributed by atoms with E-state index < -0.39 is 21.8 Å². The van der Waals surface area contributed by atoms with Gasteiger partial charge in [-0.2, -0.15) is 0 Å². The number of sulfonamides is 1. The Bertz CT molecular complexity index is 1410. The van der Waals surface area contributed by atoms with Crippen molar-refractivity contribution in [3.05, 3.63) is 89.5 Å². The molecule has 0 aliphatic carbocycles. The number of likely N-dealkylation sites (tertiary alicyclic amines) is 1.